The molecule has 2 aromatic rings. The SMILES string of the molecule is CC(=O)N1CCc2cc(Br)cc(NC(=O)c3ccc(C)cc3C)c21. The number of hydrogen-bond donors (Lipinski definition) is 1. The predicted octanol–water partition coefficient (Wildman–Crippen LogP) is 4.23. The Hall–Kier alpha value is -2.14. The summed E-state index contributed by atoms with van der Waals surface area (Å²) in [5, 5.41) is 2.98. The summed E-state index contributed by atoms with van der Waals surface area (Å²) >= 11 is 3.49. The second-order valence-corrected chi connectivity index (χ2v) is 7.07. The van der Waals surface area contributed by atoms with Gasteiger partial charge in [-0.1, -0.05) is 33.6 Å². The first-order valence-corrected chi connectivity index (χ1v) is 8.65. The lowest BCUT2D eigenvalue weighted by Crippen LogP contribution is -2.27. The van der Waals surface area contributed by atoms with Gasteiger partial charge in [0.05, 0.1) is 11.4 Å². The third kappa shape index (κ3) is 3.08. The Morgan fingerprint density at radius 3 is 2.58 bits per heavy atom. The maximum Gasteiger partial charge on any atom is 0.255 e. The van der Waals surface area contributed by atoms with Crippen LogP contribution in [0.2, 0.25) is 0 Å². The van der Waals surface area contributed by atoms with E-state index in [0.717, 1.165) is 33.3 Å². The summed E-state index contributed by atoms with van der Waals surface area (Å²) in [4.78, 5) is 26.3. The van der Waals surface area contributed by atoms with Crippen LogP contribution in [0.5, 0.6) is 0 Å². The summed E-state index contributed by atoms with van der Waals surface area (Å²) < 4.78 is 0.891. The zero-order chi connectivity index (χ0) is 17.4. The lowest BCUT2D eigenvalue weighted by atomic mass is 10.0. The number of nitrogens with zero attached hydrogens (tertiary/aromatic N) is 1. The highest BCUT2D eigenvalue weighted by Gasteiger charge is 2.27. The molecule has 0 aromatic heterocycles. The fraction of sp³-hybridized carbons (Fsp3) is 0.263. The van der Waals surface area contributed by atoms with Crippen molar-refractivity contribution in [2.45, 2.75) is 27.2 Å². The molecule has 0 aliphatic carbocycles. The average molecular weight is 387 g/mol. The van der Waals surface area contributed by atoms with Crippen molar-refractivity contribution in [1.29, 1.82) is 0 Å². The molecule has 1 aliphatic rings. The maximum absolute atomic E-state index is 12.7. The smallest absolute Gasteiger partial charge is 0.255 e. The zero-order valence-corrected chi connectivity index (χ0v) is 15.5. The fourth-order valence-electron chi connectivity index (χ4n) is 3.18. The van der Waals surface area contributed by atoms with E-state index >= 15 is 0 Å². The molecule has 2 aromatic carbocycles. The van der Waals surface area contributed by atoms with Crippen LogP contribution in [0.1, 0.15) is 34.0 Å². The number of nitrogens with one attached hydrogen (secondary N) is 1. The van der Waals surface area contributed by atoms with Gasteiger partial charge in [-0.05, 0) is 49.6 Å². The van der Waals surface area contributed by atoms with Crippen molar-refractivity contribution in [3.8, 4) is 0 Å². The van der Waals surface area contributed by atoms with Crippen LogP contribution in [-0.2, 0) is 11.2 Å². The Balaban J connectivity index is 1.98. The van der Waals surface area contributed by atoms with Gasteiger partial charge in [0.15, 0.2) is 0 Å². The van der Waals surface area contributed by atoms with Crippen molar-refractivity contribution in [1.82, 2.24) is 0 Å². The van der Waals surface area contributed by atoms with Gasteiger partial charge in [-0.3, -0.25) is 9.59 Å². The van der Waals surface area contributed by atoms with Crippen LogP contribution in [0.25, 0.3) is 0 Å². The highest BCUT2D eigenvalue weighted by Crippen LogP contribution is 2.38. The minimum Gasteiger partial charge on any atom is -0.320 e. The topological polar surface area (TPSA) is 49.4 Å². The molecule has 1 aliphatic heterocycles. The van der Waals surface area contributed by atoms with Crippen molar-refractivity contribution >= 4 is 39.1 Å². The Labute approximate surface area is 150 Å². The Morgan fingerprint density at radius 1 is 1.17 bits per heavy atom. The number of anilines is 2. The van der Waals surface area contributed by atoms with Crippen LogP contribution >= 0.6 is 15.9 Å². The number of aryl methyl sites for hydroxylation is 2. The maximum atomic E-state index is 12.7. The quantitative estimate of drug-likeness (QED) is 0.839. The normalized spacial score (nSPS) is 12.9. The molecule has 2 amide bonds. The van der Waals surface area contributed by atoms with Gasteiger partial charge < -0.3 is 10.2 Å². The first kappa shape index (κ1) is 16.7. The van der Waals surface area contributed by atoms with Crippen LogP contribution in [0, 0.1) is 13.8 Å². The van der Waals surface area contributed by atoms with Crippen molar-refractivity contribution in [3.63, 3.8) is 0 Å². The molecule has 3 rings (SSSR count). The van der Waals surface area contributed by atoms with Crippen LogP contribution < -0.4 is 10.2 Å². The molecule has 0 saturated carbocycles. The summed E-state index contributed by atoms with van der Waals surface area (Å²) in [6, 6.07) is 9.60. The highest BCUT2D eigenvalue weighted by molar-refractivity contribution is 9.10. The van der Waals surface area contributed by atoms with Gasteiger partial charge >= 0.3 is 0 Å². The van der Waals surface area contributed by atoms with Crippen molar-refractivity contribution in [2.75, 3.05) is 16.8 Å². The molecule has 0 fully saturated rings. The average Bonchev–Trinajstić information content (AvgIpc) is 2.90. The molecule has 1 heterocycles. The summed E-state index contributed by atoms with van der Waals surface area (Å²) in [6.45, 7) is 6.12. The van der Waals surface area contributed by atoms with E-state index < -0.39 is 0 Å². The number of hydrogen-bond acceptors (Lipinski definition) is 2. The third-order valence-corrected chi connectivity index (χ3v) is 4.74. The Kier molecular flexibility index (Phi) is 4.45. The van der Waals surface area contributed by atoms with Gasteiger partial charge in [0.25, 0.3) is 5.91 Å². The van der Waals surface area contributed by atoms with Crippen LogP contribution in [0.4, 0.5) is 11.4 Å². The van der Waals surface area contributed by atoms with Gasteiger partial charge in [0, 0.05) is 23.5 Å². The third-order valence-electron chi connectivity index (χ3n) is 4.28. The largest absolute Gasteiger partial charge is 0.320 e. The predicted molar refractivity (Wildman–Crippen MR) is 99.7 cm³/mol. The minimum atomic E-state index is -0.164. The summed E-state index contributed by atoms with van der Waals surface area (Å²) in [6.07, 6.45) is 0.792. The van der Waals surface area contributed by atoms with E-state index in [0.29, 0.717) is 17.8 Å². The summed E-state index contributed by atoms with van der Waals surface area (Å²) in [5.41, 5.74) is 5.23. The Bertz CT molecular complexity index is 846. The fourth-order valence-corrected chi connectivity index (χ4v) is 3.68. The van der Waals surface area contributed by atoms with Gasteiger partial charge in [-0.15, -0.1) is 0 Å². The lowest BCUT2D eigenvalue weighted by Gasteiger charge is -2.20. The van der Waals surface area contributed by atoms with Crippen LogP contribution in [0.3, 0.4) is 0 Å². The second kappa shape index (κ2) is 6.40. The molecule has 124 valence electrons. The lowest BCUT2D eigenvalue weighted by molar-refractivity contribution is -0.116. The van der Waals surface area contributed by atoms with Gasteiger partial charge in [0.1, 0.15) is 0 Å². The first-order chi connectivity index (χ1) is 11.4. The molecule has 4 nitrogen and oxygen atoms in total. The second-order valence-electron chi connectivity index (χ2n) is 6.15. The standard InChI is InChI=1S/C19H19BrN2O2/c1-11-4-5-16(12(2)8-11)19(24)21-17-10-15(20)9-14-6-7-22(13(3)23)18(14)17/h4-5,8-10H,6-7H2,1-3H3,(H,21,24). The number of rotatable bonds is 2. The van der Waals surface area contributed by atoms with Crippen molar-refractivity contribution in [3.05, 3.63) is 57.1 Å². The number of halogens is 1. The first-order valence-electron chi connectivity index (χ1n) is 7.86. The molecule has 24 heavy (non-hydrogen) atoms. The molecule has 0 spiro atoms. The van der Waals surface area contributed by atoms with Crippen molar-refractivity contribution in [2.24, 2.45) is 0 Å². The molecule has 5 heteroatoms. The van der Waals surface area contributed by atoms with Gasteiger partial charge in [-0.2, -0.15) is 0 Å². The van der Waals surface area contributed by atoms with E-state index in [1.54, 1.807) is 11.8 Å². The number of amides is 2. The number of carbonyl (C=O) groups is 2. The molecule has 0 bridgehead atoms. The molecular formula is C19H19BrN2O2. The summed E-state index contributed by atoms with van der Waals surface area (Å²) in [5.74, 6) is -0.179. The molecule has 0 unspecified atom stereocenters. The van der Waals surface area contributed by atoms with E-state index in [1.807, 2.05) is 44.2 Å². The van der Waals surface area contributed by atoms with E-state index in [-0.39, 0.29) is 11.8 Å². The van der Waals surface area contributed by atoms with E-state index in [9.17, 15) is 9.59 Å². The van der Waals surface area contributed by atoms with Gasteiger partial charge in [0.2, 0.25) is 5.91 Å². The number of fused-ring (bicyclic) bond motifs is 1. The number of carbonyl (C=O) groups excluding carboxylic acids is 2. The summed E-state index contributed by atoms with van der Waals surface area (Å²) in [7, 11) is 0. The van der Waals surface area contributed by atoms with Crippen LogP contribution in [-0.4, -0.2) is 18.4 Å². The zero-order valence-electron chi connectivity index (χ0n) is 13.9. The highest BCUT2D eigenvalue weighted by atomic mass is 79.9. The molecule has 0 atom stereocenters. The van der Waals surface area contributed by atoms with Gasteiger partial charge in [-0.25, -0.2) is 0 Å². The van der Waals surface area contributed by atoms with Crippen LogP contribution in [0.15, 0.2) is 34.8 Å². The van der Waals surface area contributed by atoms with E-state index in [4.69, 9.17) is 0 Å². The number of benzene rings is 2. The Morgan fingerprint density at radius 2 is 1.92 bits per heavy atom. The monoisotopic (exact) mass is 386 g/mol. The minimum absolute atomic E-state index is 0.0157. The van der Waals surface area contributed by atoms with E-state index in [2.05, 4.69) is 21.2 Å². The molecular weight excluding hydrogens is 368 g/mol. The molecule has 0 radical (unpaired) electrons. The van der Waals surface area contributed by atoms with Crippen molar-refractivity contribution < 1.29 is 9.59 Å². The molecule has 0 saturated heterocycles. The van der Waals surface area contributed by atoms with E-state index in [1.165, 1.54) is 0 Å². The molecule has 1 N–H and O–H groups in total.